The predicted octanol–water partition coefficient (Wildman–Crippen LogP) is 5.61. The number of allylic oxidation sites excluding steroid dienone is 2. The van der Waals surface area contributed by atoms with Crippen LogP contribution in [0.1, 0.15) is 63.0 Å². The minimum atomic E-state index is -0.637. The molecule has 4 rings (SSSR count). The lowest BCUT2D eigenvalue weighted by Crippen LogP contribution is -2.39. The van der Waals surface area contributed by atoms with Gasteiger partial charge in [-0.25, -0.2) is 0 Å². The average molecular weight is 446 g/mol. The number of carbonyl (C=O) groups excluding carboxylic acids is 2. The molecule has 0 spiro atoms. The smallest absolute Gasteiger partial charge is 0.315 e. The van der Waals surface area contributed by atoms with Crippen LogP contribution in [0.15, 0.2) is 70.9 Å². The fourth-order valence-electron chi connectivity index (χ4n) is 4.88. The van der Waals surface area contributed by atoms with Crippen LogP contribution in [0.3, 0.4) is 0 Å². The van der Waals surface area contributed by atoms with E-state index in [1.807, 2.05) is 63.2 Å². The molecule has 172 valence electrons. The summed E-state index contributed by atoms with van der Waals surface area (Å²) >= 11 is 0. The molecule has 0 saturated carbocycles. The number of esters is 1. The molecule has 0 saturated heterocycles. The Kier molecular flexibility index (Phi) is 6.77. The number of hydrogen-bond acceptors (Lipinski definition) is 5. The summed E-state index contributed by atoms with van der Waals surface area (Å²) in [7, 11) is 1.61. The Morgan fingerprint density at radius 3 is 2.52 bits per heavy atom. The van der Waals surface area contributed by atoms with E-state index in [0.717, 1.165) is 23.2 Å². The van der Waals surface area contributed by atoms with Crippen LogP contribution in [-0.4, -0.2) is 30.7 Å². The molecule has 4 atom stereocenters. The summed E-state index contributed by atoms with van der Waals surface area (Å²) in [6, 6.07) is 17.7. The minimum absolute atomic E-state index is 0.0514. The Morgan fingerprint density at radius 1 is 1.09 bits per heavy atom. The van der Waals surface area contributed by atoms with E-state index in [4.69, 9.17) is 14.5 Å². The van der Waals surface area contributed by atoms with Crippen molar-refractivity contribution in [2.24, 2.45) is 10.9 Å². The van der Waals surface area contributed by atoms with Crippen LogP contribution in [0.25, 0.3) is 0 Å². The second-order valence-corrected chi connectivity index (χ2v) is 8.94. The number of hydrogen-bond donors (Lipinski definition) is 0. The summed E-state index contributed by atoms with van der Waals surface area (Å²) in [4.78, 5) is 31.7. The van der Waals surface area contributed by atoms with Crippen LogP contribution < -0.4 is 4.74 Å². The van der Waals surface area contributed by atoms with E-state index in [1.54, 1.807) is 7.11 Å². The summed E-state index contributed by atoms with van der Waals surface area (Å²) in [6.07, 6.45) is 1.61. The average Bonchev–Trinajstić information content (AvgIpc) is 2.83. The highest BCUT2D eigenvalue weighted by atomic mass is 16.5. The number of nitrogens with zero attached hydrogens (tertiary/aromatic N) is 1. The molecular weight excluding hydrogens is 414 g/mol. The fourth-order valence-corrected chi connectivity index (χ4v) is 4.88. The van der Waals surface area contributed by atoms with Crippen molar-refractivity contribution in [1.29, 1.82) is 0 Å². The van der Waals surface area contributed by atoms with Gasteiger partial charge in [-0.15, -0.1) is 0 Å². The zero-order valence-electron chi connectivity index (χ0n) is 19.7. The van der Waals surface area contributed by atoms with Crippen LogP contribution in [0.5, 0.6) is 5.75 Å². The molecule has 0 aromatic heterocycles. The normalized spacial score (nSPS) is 23.5. The van der Waals surface area contributed by atoms with Gasteiger partial charge in [0.1, 0.15) is 11.7 Å². The third-order valence-electron chi connectivity index (χ3n) is 6.76. The first-order chi connectivity index (χ1) is 15.9. The van der Waals surface area contributed by atoms with Crippen LogP contribution in [0.4, 0.5) is 0 Å². The van der Waals surface area contributed by atoms with Crippen molar-refractivity contribution in [2.75, 3.05) is 7.11 Å². The van der Waals surface area contributed by atoms with Gasteiger partial charge in [0.2, 0.25) is 0 Å². The third kappa shape index (κ3) is 4.63. The number of aliphatic imine (C=N–C) groups is 1. The Balaban J connectivity index is 1.79. The molecule has 2 aromatic carbocycles. The number of rotatable bonds is 6. The van der Waals surface area contributed by atoms with E-state index in [0.29, 0.717) is 29.9 Å². The maximum Gasteiger partial charge on any atom is 0.315 e. The van der Waals surface area contributed by atoms with Gasteiger partial charge in [0.15, 0.2) is 5.78 Å². The van der Waals surface area contributed by atoms with Gasteiger partial charge in [-0.1, -0.05) is 49.4 Å². The van der Waals surface area contributed by atoms with Crippen molar-refractivity contribution >= 4 is 17.5 Å². The summed E-state index contributed by atoms with van der Waals surface area (Å²) in [6.45, 7) is 5.74. The monoisotopic (exact) mass is 445 g/mol. The second kappa shape index (κ2) is 9.74. The lowest BCUT2D eigenvalue weighted by Gasteiger charge is -2.37. The zero-order chi connectivity index (χ0) is 23.5. The molecule has 0 fully saturated rings. The highest BCUT2D eigenvalue weighted by Gasteiger charge is 2.45. The molecular formula is C28H31NO4. The standard InChI is InChI=1S/C28H31NO4/c1-5-17(2)33-28(31)25-18(3)29-23-15-21(19-10-7-6-8-11-19)16-24(30)27(23)26(25)20-12-9-13-22(14-20)32-4/h6-14,17,21,25-26H,5,15-16H2,1-4H3/t17-,21+,25?,26+/m0/s1. The van der Waals surface area contributed by atoms with Crippen molar-refractivity contribution in [3.05, 3.63) is 77.0 Å². The fraction of sp³-hybridized carbons (Fsp3) is 0.393. The van der Waals surface area contributed by atoms with Crippen molar-refractivity contribution in [3.63, 3.8) is 0 Å². The second-order valence-electron chi connectivity index (χ2n) is 8.94. The van der Waals surface area contributed by atoms with Crippen LogP contribution in [0, 0.1) is 5.92 Å². The quantitative estimate of drug-likeness (QED) is 0.542. The van der Waals surface area contributed by atoms with Crippen LogP contribution in [0.2, 0.25) is 0 Å². The topological polar surface area (TPSA) is 65.0 Å². The molecule has 1 aliphatic carbocycles. The number of methoxy groups -OCH3 is 1. The van der Waals surface area contributed by atoms with Gasteiger partial charge < -0.3 is 9.47 Å². The van der Waals surface area contributed by atoms with Crippen molar-refractivity contribution in [1.82, 2.24) is 0 Å². The molecule has 0 amide bonds. The Morgan fingerprint density at radius 2 is 1.82 bits per heavy atom. The SMILES string of the molecule is CC[C@H](C)OC(=O)C1C(C)=NC2=C(C(=O)C[C@H](c3ccccc3)C2)[C@@H]1c1cccc(OC)c1. The number of ketones is 1. The van der Waals surface area contributed by atoms with Gasteiger partial charge in [0.25, 0.3) is 0 Å². The zero-order valence-corrected chi connectivity index (χ0v) is 19.7. The first kappa shape index (κ1) is 23.0. The summed E-state index contributed by atoms with van der Waals surface area (Å²) in [5, 5.41) is 0. The maximum atomic E-state index is 13.6. The lowest BCUT2D eigenvalue weighted by molar-refractivity contribution is -0.151. The molecule has 2 aliphatic rings. The molecule has 1 aliphatic heterocycles. The van der Waals surface area contributed by atoms with Gasteiger partial charge in [-0.05, 0) is 55.9 Å². The van der Waals surface area contributed by atoms with E-state index in [-0.39, 0.29) is 23.8 Å². The highest BCUT2D eigenvalue weighted by Crippen LogP contribution is 2.47. The van der Waals surface area contributed by atoms with Crippen molar-refractivity contribution in [3.8, 4) is 5.75 Å². The Hall–Kier alpha value is -3.21. The van der Waals surface area contributed by atoms with Crippen molar-refractivity contribution < 1.29 is 19.1 Å². The molecule has 0 bridgehead atoms. The van der Waals surface area contributed by atoms with E-state index < -0.39 is 11.8 Å². The van der Waals surface area contributed by atoms with Gasteiger partial charge in [-0.3, -0.25) is 14.6 Å². The molecule has 5 heteroatoms. The Bertz CT molecular complexity index is 1100. The maximum absolute atomic E-state index is 13.6. The third-order valence-corrected chi connectivity index (χ3v) is 6.76. The number of benzene rings is 2. The summed E-state index contributed by atoms with van der Waals surface area (Å²) < 4.78 is 11.2. The largest absolute Gasteiger partial charge is 0.497 e. The lowest BCUT2D eigenvalue weighted by atomic mass is 9.69. The van der Waals surface area contributed by atoms with Gasteiger partial charge in [0, 0.05) is 29.3 Å². The van der Waals surface area contributed by atoms with Crippen molar-refractivity contribution in [2.45, 2.75) is 58.0 Å². The molecule has 1 heterocycles. The van der Waals surface area contributed by atoms with Crippen LogP contribution >= 0.6 is 0 Å². The number of Topliss-reactive ketones (excluding diaryl/α,β-unsaturated/α-hetero) is 1. The molecule has 0 radical (unpaired) electrons. The highest BCUT2D eigenvalue weighted by molar-refractivity contribution is 6.09. The molecule has 1 unspecified atom stereocenters. The first-order valence-electron chi connectivity index (χ1n) is 11.6. The van der Waals surface area contributed by atoms with E-state index in [2.05, 4.69) is 12.1 Å². The number of ether oxygens (including phenoxy) is 2. The summed E-state index contributed by atoms with van der Waals surface area (Å²) in [5.74, 6) is -0.577. The predicted molar refractivity (Wildman–Crippen MR) is 129 cm³/mol. The van der Waals surface area contributed by atoms with Crippen LogP contribution in [-0.2, 0) is 14.3 Å². The molecule has 0 N–H and O–H groups in total. The van der Waals surface area contributed by atoms with E-state index in [9.17, 15) is 9.59 Å². The van der Waals surface area contributed by atoms with Gasteiger partial charge in [-0.2, -0.15) is 0 Å². The van der Waals surface area contributed by atoms with Gasteiger partial charge >= 0.3 is 5.97 Å². The first-order valence-corrected chi connectivity index (χ1v) is 11.6. The number of carbonyl (C=O) groups is 2. The van der Waals surface area contributed by atoms with E-state index >= 15 is 0 Å². The Labute approximate surface area is 195 Å². The molecule has 33 heavy (non-hydrogen) atoms. The molecule has 2 aromatic rings. The minimum Gasteiger partial charge on any atom is -0.497 e. The van der Waals surface area contributed by atoms with Gasteiger partial charge in [0.05, 0.1) is 13.2 Å². The summed E-state index contributed by atoms with van der Waals surface area (Å²) in [5.41, 5.74) is 4.14. The molecule has 5 nitrogen and oxygen atoms in total. The van der Waals surface area contributed by atoms with E-state index in [1.165, 1.54) is 0 Å².